The first-order valence-corrected chi connectivity index (χ1v) is 10.2. The fraction of sp³-hybridized carbons (Fsp3) is 0.174. The number of aryl methyl sites for hydroxylation is 1. The number of halogens is 3. The standard InChI is InChI=1S/C23H21Cl2N3O.ClH/c24-18-8-6-17(7-9-18)16-28-22-5-2-1-4-21(22)27(23(28)26)14-3-15-29-20-12-10-19(25)11-13-20;/h1-2,4-13,26H,3,14-16H2;1H. The lowest BCUT2D eigenvalue weighted by Crippen LogP contribution is -2.25. The number of para-hydroxylation sites is 2. The molecule has 7 heteroatoms. The molecule has 1 heterocycles. The van der Waals surface area contributed by atoms with Gasteiger partial charge in [-0.05, 0) is 60.5 Å². The second kappa shape index (κ2) is 10.1. The third-order valence-corrected chi connectivity index (χ3v) is 5.34. The minimum Gasteiger partial charge on any atom is -0.494 e. The summed E-state index contributed by atoms with van der Waals surface area (Å²) in [5.74, 6) is 0.802. The summed E-state index contributed by atoms with van der Waals surface area (Å²) in [7, 11) is 0. The van der Waals surface area contributed by atoms with Crippen molar-refractivity contribution in [2.45, 2.75) is 19.5 Å². The molecule has 4 aromatic rings. The predicted octanol–water partition coefficient (Wildman–Crippen LogP) is 6.17. The van der Waals surface area contributed by atoms with Gasteiger partial charge in [-0.2, -0.15) is 0 Å². The zero-order valence-corrected chi connectivity index (χ0v) is 18.6. The first kappa shape index (κ1) is 22.3. The Hall–Kier alpha value is -2.40. The summed E-state index contributed by atoms with van der Waals surface area (Å²) in [6, 6.07) is 23.3. The zero-order valence-electron chi connectivity index (χ0n) is 16.2. The Morgan fingerprint density at radius 2 is 1.33 bits per heavy atom. The molecule has 0 unspecified atom stereocenters. The van der Waals surface area contributed by atoms with Gasteiger partial charge < -0.3 is 13.9 Å². The fourth-order valence-corrected chi connectivity index (χ4v) is 3.65. The first-order chi connectivity index (χ1) is 14.1. The maximum absolute atomic E-state index is 8.73. The Morgan fingerprint density at radius 1 is 0.767 bits per heavy atom. The summed E-state index contributed by atoms with van der Waals surface area (Å²) in [4.78, 5) is 0. The van der Waals surface area contributed by atoms with E-state index in [2.05, 4.69) is 12.1 Å². The van der Waals surface area contributed by atoms with Gasteiger partial charge in [0.05, 0.1) is 24.2 Å². The van der Waals surface area contributed by atoms with E-state index in [-0.39, 0.29) is 12.4 Å². The summed E-state index contributed by atoms with van der Waals surface area (Å²) < 4.78 is 9.86. The number of nitrogens with zero attached hydrogens (tertiary/aromatic N) is 2. The van der Waals surface area contributed by atoms with Crippen LogP contribution in [-0.4, -0.2) is 15.7 Å². The molecule has 4 nitrogen and oxygen atoms in total. The number of hydrogen-bond acceptors (Lipinski definition) is 2. The molecule has 0 fully saturated rings. The largest absolute Gasteiger partial charge is 0.494 e. The van der Waals surface area contributed by atoms with Gasteiger partial charge in [0, 0.05) is 16.6 Å². The molecule has 4 rings (SSSR count). The molecule has 0 aliphatic heterocycles. The Labute approximate surface area is 191 Å². The molecule has 0 amide bonds. The van der Waals surface area contributed by atoms with Gasteiger partial charge in [-0.1, -0.05) is 47.5 Å². The number of nitrogens with one attached hydrogen (secondary N) is 1. The third kappa shape index (κ3) is 5.01. The van der Waals surface area contributed by atoms with Gasteiger partial charge in [-0.3, -0.25) is 5.41 Å². The van der Waals surface area contributed by atoms with Gasteiger partial charge in [0.2, 0.25) is 5.62 Å². The average molecular weight is 463 g/mol. The molecule has 1 N–H and O–H groups in total. The molecule has 0 aliphatic carbocycles. The summed E-state index contributed by atoms with van der Waals surface area (Å²) in [5.41, 5.74) is 3.69. The van der Waals surface area contributed by atoms with Crippen molar-refractivity contribution in [3.05, 3.63) is 94.0 Å². The molecule has 3 aromatic carbocycles. The molecule has 0 radical (unpaired) electrons. The lowest BCUT2D eigenvalue weighted by Gasteiger charge is -2.08. The van der Waals surface area contributed by atoms with Gasteiger partial charge in [0.1, 0.15) is 5.75 Å². The first-order valence-electron chi connectivity index (χ1n) is 9.47. The minimum absolute atomic E-state index is 0. The van der Waals surface area contributed by atoms with Gasteiger partial charge in [-0.25, -0.2) is 0 Å². The SMILES string of the molecule is Cl.N=c1n(CCCOc2ccc(Cl)cc2)c2ccccc2n1Cc1ccc(Cl)cc1. The lowest BCUT2D eigenvalue weighted by molar-refractivity contribution is 0.301. The van der Waals surface area contributed by atoms with E-state index in [1.165, 1.54) is 0 Å². The van der Waals surface area contributed by atoms with Crippen molar-refractivity contribution in [3.63, 3.8) is 0 Å². The second-order valence-electron chi connectivity index (χ2n) is 6.83. The second-order valence-corrected chi connectivity index (χ2v) is 7.71. The van der Waals surface area contributed by atoms with Crippen LogP contribution in [0.4, 0.5) is 0 Å². The van der Waals surface area contributed by atoms with Gasteiger partial charge in [0.15, 0.2) is 0 Å². The topological polar surface area (TPSA) is 42.9 Å². The number of imidazole rings is 1. The van der Waals surface area contributed by atoms with E-state index in [0.717, 1.165) is 28.8 Å². The lowest BCUT2D eigenvalue weighted by atomic mass is 10.2. The van der Waals surface area contributed by atoms with E-state index < -0.39 is 0 Å². The van der Waals surface area contributed by atoms with Crippen molar-refractivity contribution in [2.75, 3.05) is 6.61 Å². The Kier molecular flexibility index (Phi) is 7.48. The van der Waals surface area contributed by atoms with Crippen molar-refractivity contribution >= 4 is 46.6 Å². The maximum Gasteiger partial charge on any atom is 0.203 e. The van der Waals surface area contributed by atoms with Crippen molar-refractivity contribution in [3.8, 4) is 5.75 Å². The van der Waals surface area contributed by atoms with E-state index in [0.29, 0.717) is 35.4 Å². The van der Waals surface area contributed by atoms with E-state index in [1.807, 2.05) is 69.8 Å². The van der Waals surface area contributed by atoms with Crippen LogP contribution in [0, 0.1) is 5.41 Å². The van der Waals surface area contributed by atoms with E-state index >= 15 is 0 Å². The number of benzene rings is 3. The van der Waals surface area contributed by atoms with Gasteiger partial charge >= 0.3 is 0 Å². The third-order valence-electron chi connectivity index (χ3n) is 4.84. The maximum atomic E-state index is 8.73. The molecule has 0 bridgehead atoms. The highest BCUT2D eigenvalue weighted by Crippen LogP contribution is 2.18. The van der Waals surface area contributed by atoms with Crippen LogP contribution in [0.5, 0.6) is 5.75 Å². The van der Waals surface area contributed by atoms with Crippen LogP contribution in [-0.2, 0) is 13.1 Å². The summed E-state index contributed by atoms with van der Waals surface area (Å²) in [6.45, 7) is 1.91. The molecular formula is C23H22Cl3N3O. The summed E-state index contributed by atoms with van der Waals surface area (Å²) in [5, 5.41) is 10.1. The van der Waals surface area contributed by atoms with Crippen LogP contribution < -0.4 is 10.4 Å². The highest BCUT2D eigenvalue weighted by atomic mass is 35.5. The van der Waals surface area contributed by atoms with Crippen LogP contribution in [0.3, 0.4) is 0 Å². The van der Waals surface area contributed by atoms with E-state index in [9.17, 15) is 0 Å². The van der Waals surface area contributed by atoms with Crippen molar-refractivity contribution in [1.82, 2.24) is 9.13 Å². The van der Waals surface area contributed by atoms with Gasteiger partial charge in [-0.15, -0.1) is 12.4 Å². The quantitative estimate of drug-likeness (QED) is 0.328. The van der Waals surface area contributed by atoms with E-state index in [4.69, 9.17) is 33.3 Å². The van der Waals surface area contributed by atoms with Crippen molar-refractivity contribution in [2.24, 2.45) is 0 Å². The normalized spacial score (nSPS) is 10.7. The summed E-state index contributed by atoms with van der Waals surface area (Å²) >= 11 is 11.9. The minimum atomic E-state index is 0. The average Bonchev–Trinajstić information content (AvgIpc) is 3.00. The van der Waals surface area contributed by atoms with Crippen LogP contribution in [0.2, 0.25) is 10.0 Å². The number of fused-ring (bicyclic) bond motifs is 1. The molecule has 0 atom stereocenters. The Balaban J connectivity index is 0.00000256. The molecule has 1 aromatic heterocycles. The van der Waals surface area contributed by atoms with E-state index in [1.54, 1.807) is 0 Å². The van der Waals surface area contributed by atoms with Crippen LogP contribution in [0.15, 0.2) is 72.8 Å². The zero-order chi connectivity index (χ0) is 20.2. The summed E-state index contributed by atoms with van der Waals surface area (Å²) in [6.07, 6.45) is 0.800. The number of aromatic nitrogens is 2. The molecular weight excluding hydrogens is 441 g/mol. The fourth-order valence-electron chi connectivity index (χ4n) is 3.40. The number of hydrogen-bond donors (Lipinski definition) is 1. The predicted molar refractivity (Wildman–Crippen MR) is 125 cm³/mol. The van der Waals surface area contributed by atoms with Crippen LogP contribution >= 0.6 is 35.6 Å². The number of rotatable bonds is 7. The monoisotopic (exact) mass is 461 g/mol. The van der Waals surface area contributed by atoms with Gasteiger partial charge in [0.25, 0.3) is 0 Å². The number of ether oxygens (including phenoxy) is 1. The van der Waals surface area contributed by atoms with Crippen molar-refractivity contribution < 1.29 is 4.74 Å². The highest BCUT2D eigenvalue weighted by Gasteiger charge is 2.11. The van der Waals surface area contributed by atoms with Crippen molar-refractivity contribution in [1.29, 1.82) is 5.41 Å². The molecule has 156 valence electrons. The Morgan fingerprint density at radius 3 is 1.97 bits per heavy atom. The highest BCUT2D eigenvalue weighted by molar-refractivity contribution is 6.30. The Bertz CT molecular complexity index is 1170. The molecule has 0 spiro atoms. The van der Waals surface area contributed by atoms with Crippen LogP contribution in [0.1, 0.15) is 12.0 Å². The molecule has 30 heavy (non-hydrogen) atoms. The molecule has 0 saturated carbocycles. The smallest absolute Gasteiger partial charge is 0.203 e. The molecule has 0 aliphatic rings. The molecule has 0 saturated heterocycles. The van der Waals surface area contributed by atoms with Crippen LogP contribution in [0.25, 0.3) is 11.0 Å².